The van der Waals surface area contributed by atoms with Crippen molar-refractivity contribution in [2.75, 3.05) is 0 Å². The molecule has 1 heteroatoms. The summed E-state index contributed by atoms with van der Waals surface area (Å²) < 4.78 is 0. The van der Waals surface area contributed by atoms with E-state index in [1.165, 1.54) is 11.1 Å². The van der Waals surface area contributed by atoms with Crippen LogP contribution in [0.15, 0.2) is 54.6 Å². The first-order valence-corrected chi connectivity index (χ1v) is 6.55. The Balaban J connectivity index is 1.75. The molecule has 0 aromatic heterocycles. The summed E-state index contributed by atoms with van der Waals surface area (Å²) in [7, 11) is 0. The highest BCUT2D eigenvalue weighted by Gasteiger charge is 2.43. The average Bonchev–Trinajstić information content (AvgIpc) is 3.19. The van der Waals surface area contributed by atoms with E-state index in [0.717, 1.165) is 12.0 Å². The topological polar surface area (TPSA) is 20.2 Å². The first kappa shape index (κ1) is 11.5. The van der Waals surface area contributed by atoms with Crippen LogP contribution in [-0.4, -0.2) is 5.11 Å². The summed E-state index contributed by atoms with van der Waals surface area (Å²) in [5, 5.41) is 10.4. The molecule has 1 aliphatic rings. The lowest BCUT2D eigenvalue weighted by Gasteiger charge is -2.11. The van der Waals surface area contributed by atoms with E-state index in [4.69, 9.17) is 0 Å². The van der Waals surface area contributed by atoms with Gasteiger partial charge in [0.15, 0.2) is 0 Å². The molecule has 1 fully saturated rings. The van der Waals surface area contributed by atoms with E-state index in [2.05, 4.69) is 43.3 Å². The summed E-state index contributed by atoms with van der Waals surface area (Å²) in [5.41, 5.74) is 3.62. The van der Waals surface area contributed by atoms with E-state index in [1.54, 1.807) is 0 Å². The van der Waals surface area contributed by atoms with Gasteiger partial charge in [0.1, 0.15) is 0 Å². The molecule has 3 atom stereocenters. The normalized spacial score (nSPS) is 23.7. The minimum atomic E-state index is -0.324. The van der Waals surface area contributed by atoms with Crippen LogP contribution in [0.1, 0.15) is 35.1 Å². The molecular weight excluding hydrogens is 220 g/mol. The van der Waals surface area contributed by atoms with Gasteiger partial charge in [0, 0.05) is 0 Å². The molecular formula is C17H18O. The van der Waals surface area contributed by atoms with Crippen molar-refractivity contribution in [2.24, 2.45) is 5.92 Å². The van der Waals surface area contributed by atoms with Gasteiger partial charge in [-0.25, -0.2) is 0 Å². The maximum Gasteiger partial charge on any atom is 0.0824 e. The third-order valence-corrected chi connectivity index (χ3v) is 3.86. The van der Waals surface area contributed by atoms with Crippen LogP contribution in [0.5, 0.6) is 0 Å². The van der Waals surface area contributed by atoms with Crippen molar-refractivity contribution < 1.29 is 5.11 Å². The van der Waals surface area contributed by atoms with Crippen LogP contribution in [-0.2, 0) is 0 Å². The van der Waals surface area contributed by atoms with Crippen molar-refractivity contribution >= 4 is 0 Å². The lowest BCUT2D eigenvalue weighted by molar-refractivity contribution is 0.151. The van der Waals surface area contributed by atoms with Gasteiger partial charge >= 0.3 is 0 Å². The molecule has 0 spiro atoms. The van der Waals surface area contributed by atoms with Crippen LogP contribution in [0.25, 0.3) is 0 Å². The SMILES string of the molecule is Cc1cccc(C(O)C2CC2c2ccccc2)c1. The predicted octanol–water partition coefficient (Wildman–Crippen LogP) is 3.83. The van der Waals surface area contributed by atoms with E-state index < -0.39 is 0 Å². The number of hydrogen-bond acceptors (Lipinski definition) is 1. The van der Waals surface area contributed by atoms with Crippen molar-refractivity contribution in [3.05, 3.63) is 71.3 Å². The largest absolute Gasteiger partial charge is 0.388 e. The van der Waals surface area contributed by atoms with Crippen LogP contribution < -0.4 is 0 Å². The average molecular weight is 238 g/mol. The van der Waals surface area contributed by atoms with Crippen molar-refractivity contribution in [1.82, 2.24) is 0 Å². The Kier molecular flexibility index (Phi) is 2.92. The number of rotatable bonds is 3. The molecule has 1 saturated carbocycles. The van der Waals surface area contributed by atoms with Gasteiger partial charge in [-0.05, 0) is 36.3 Å². The summed E-state index contributed by atoms with van der Waals surface area (Å²) in [4.78, 5) is 0. The number of hydrogen-bond donors (Lipinski definition) is 1. The molecule has 0 bridgehead atoms. The van der Waals surface area contributed by atoms with Gasteiger partial charge in [0.25, 0.3) is 0 Å². The van der Waals surface area contributed by atoms with Gasteiger partial charge < -0.3 is 5.11 Å². The fraction of sp³-hybridized carbons (Fsp3) is 0.294. The quantitative estimate of drug-likeness (QED) is 0.861. The second-order valence-corrected chi connectivity index (χ2v) is 5.28. The Morgan fingerprint density at radius 2 is 1.83 bits per heavy atom. The number of aliphatic hydroxyl groups excluding tert-OH is 1. The van der Waals surface area contributed by atoms with Crippen LogP contribution in [0.3, 0.4) is 0 Å². The van der Waals surface area contributed by atoms with Crippen LogP contribution in [0, 0.1) is 12.8 Å². The number of aliphatic hydroxyl groups is 1. The number of aryl methyl sites for hydroxylation is 1. The van der Waals surface area contributed by atoms with Gasteiger partial charge in [-0.15, -0.1) is 0 Å². The second-order valence-electron chi connectivity index (χ2n) is 5.28. The van der Waals surface area contributed by atoms with E-state index in [-0.39, 0.29) is 6.10 Å². The summed E-state index contributed by atoms with van der Waals surface area (Å²) in [5.74, 6) is 0.913. The molecule has 92 valence electrons. The van der Waals surface area contributed by atoms with Gasteiger partial charge in [0.05, 0.1) is 6.10 Å². The zero-order chi connectivity index (χ0) is 12.5. The summed E-state index contributed by atoms with van der Waals surface area (Å²) >= 11 is 0. The van der Waals surface area contributed by atoms with Gasteiger partial charge in [0.2, 0.25) is 0 Å². The molecule has 0 radical (unpaired) electrons. The van der Waals surface area contributed by atoms with Crippen LogP contribution in [0.2, 0.25) is 0 Å². The molecule has 3 rings (SSSR count). The first-order valence-electron chi connectivity index (χ1n) is 6.55. The Morgan fingerprint density at radius 1 is 1.06 bits per heavy atom. The summed E-state index contributed by atoms with van der Waals surface area (Å²) in [6.07, 6.45) is 0.772. The molecule has 1 N–H and O–H groups in total. The third-order valence-electron chi connectivity index (χ3n) is 3.86. The molecule has 18 heavy (non-hydrogen) atoms. The zero-order valence-electron chi connectivity index (χ0n) is 10.6. The molecule has 1 aliphatic carbocycles. The maximum absolute atomic E-state index is 10.4. The van der Waals surface area contributed by atoms with E-state index in [9.17, 15) is 5.11 Å². The Hall–Kier alpha value is -1.60. The van der Waals surface area contributed by atoms with E-state index in [1.807, 2.05) is 18.2 Å². The van der Waals surface area contributed by atoms with E-state index >= 15 is 0 Å². The van der Waals surface area contributed by atoms with Crippen molar-refractivity contribution in [3.63, 3.8) is 0 Å². The summed E-state index contributed by atoms with van der Waals surface area (Å²) in [6, 6.07) is 18.7. The molecule has 0 amide bonds. The van der Waals surface area contributed by atoms with Gasteiger partial charge in [-0.3, -0.25) is 0 Å². The first-order chi connectivity index (χ1) is 8.75. The lowest BCUT2D eigenvalue weighted by Crippen LogP contribution is -2.01. The standard InChI is InChI=1S/C17H18O/c1-12-6-5-9-14(10-12)17(18)16-11-15(16)13-7-3-2-4-8-13/h2-10,15-18H,11H2,1H3. The number of benzene rings is 2. The van der Waals surface area contributed by atoms with Gasteiger partial charge in [-0.2, -0.15) is 0 Å². The minimum absolute atomic E-state index is 0.324. The van der Waals surface area contributed by atoms with Crippen LogP contribution >= 0.6 is 0 Å². The summed E-state index contributed by atoms with van der Waals surface area (Å²) in [6.45, 7) is 2.07. The van der Waals surface area contributed by atoms with Crippen molar-refractivity contribution in [1.29, 1.82) is 0 Å². The van der Waals surface area contributed by atoms with Crippen molar-refractivity contribution in [2.45, 2.75) is 25.4 Å². The van der Waals surface area contributed by atoms with E-state index in [0.29, 0.717) is 11.8 Å². The maximum atomic E-state index is 10.4. The Morgan fingerprint density at radius 3 is 2.56 bits per heavy atom. The highest BCUT2D eigenvalue weighted by Crippen LogP contribution is 2.53. The fourth-order valence-electron chi connectivity index (χ4n) is 2.75. The molecule has 0 aliphatic heterocycles. The second kappa shape index (κ2) is 4.58. The third kappa shape index (κ3) is 2.19. The Labute approximate surface area is 108 Å². The molecule has 3 unspecified atom stereocenters. The molecule has 2 aromatic rings. The smallest absolute Gasteiger partial charge is 0.0824 e. The molecule has 2 aromatic carbocycles. The Bertz CT molecular complexity index is 532. The highest BCUT2D eigenvalue weighted by atomic mass is 16.3. The van der Waals surface area contributed by atoms with Crippen molar-refractivity contribution in [3.8, 4) is 0 Å². The fourth-order valence-corrected chi connectivity index (χ4v) is 2.75. The predicted molar refractivity (Wildman–Crippen MR) is 73.4 cm³/mol. The molecule has 0 saturated heterocycles. The zero-order valence-corrected chi connectivity index (χ0v) is 10.6. The highest BCUT2D eigenvalue weighted by molar-refractivity contribution is 5.31. The lowest BCUT2D eigenvalue weighted by atomic mass is 10.00. The minimum Gasteiger partial charge on any atom is -0.388 e. The monoisotopic (exact) mass is 238 g/mol. The molecule has 0 heterocycles. The van der Waals surface area contributed by atoms with Gasteiger partial charge in [-0.1, -0.05) is 60.2 Å². The van der Waals surface area contributed by atoms with Crippen LogP contribution in [0.4, 0.5) is 0 Å². The molecule has 1 nitrogen and oxygen atoms in total.